The van der Waals surface area contributed by atoms with E-state index in [1.165, 1.54) is 5.39 Å². The SMILES string of the molecule is CC1(C)C(=C(C#N)C#N)c2ccc(-c3c4c(cc5oc6ccccc6c35)-c3cccc5cccc-4c35)cc2C1=C(C#N)C#N. The van der Waals surface area contributed by atoms with Crippen molar-refractivity contribution in [3.05, 3.63) is 107 Å². The van der Waals surface area contributed by atoms with Gasteiger partial charge in [-0.2, -0.15) is 21.0 Å². The maximum atomic E-state index is 10.0. The van der Waals surface area contributed by atoms with Gasteiger partial charge >= 0.3 is 0 Å². The van der Waals surface area contributed by atoms with E-state index in [0.717, 1.165) is 60.7 Å². The monoisotopic (exact) mass is 560 g/mol. The van der Waals surface area contributed by atoms with Gasteiger partial charge in [-0.25, -0.2) is 0 Å². The standard InChI is InChI=1S/C39H20N4O/c1-39(2)37(23(17-40)18-41)26-14-13-22(15-30(26)38(39)24(19-42)20-43)34-35-28-11-6-8-21-7-5-10-25(33(21)28)29(35)16-32-36(34)27-9-3-4-12-31(27)44-32/h3-16H,1-2H3. The molecule has 1 heterocycles. The maximum Gasteiger partial charge on any atom is 0.136 e. The molecule has 5 heteroatoms. The molecule has 6 aromatic rings. The minimum atomic E-state index is -0.916. The second kappa shape index (κ2) is 8.80. The molecule has 0 bridgehead atoms. The highest BCUT2D eigenvalue weighted by Gasteiger charge is 2.43. The second-order valence-electron chi connectivity index (χ2n) is 11.7. The number of nitriles is 4. The zero-order valence-electron chi connectivity index (χ0n) is 23.8. The van der Waals surface area contributed by atoms with Gasteiger partial charge in [0.25, 0.3) is 0 Å². The summed E-state index contributed by atoms with van der Waals surface area (Å²) in [5.74, 6) is 0. The van der Waals surface area contributed by atoms with Crippen LogP contribution < -0.4 is 0 Å². The van der Waals surface area contributed by atoms with Crippen LogP contribution in [0.1, 0.15) is 25.0 Å². The summed E-state index contributed by atoms with van der Waals surface area (Å²) < 4.78 is 6.46. The number of fused-ring (bicyclic) bond motifs is 7. The molecule has 0 atom stereocenters. The first-order valence-electron chi connectivity index (χ1n) is 14.2. The fourth-order valence-electron chi connectivity index (χ4n) is 7.53. The van der Waals surface area contributed by atoms with Gasteiger partial charge in [0.15, 0.2) is 0 Å². The van der Waals surface area contributed by atoms with E-state index in [4.69, 9.17) is 4.42 Å². The zero-order chi connectivity index (χ0) is 30.3. The number of benzene rings is 5. The molecular formula is C39H20N4O. The van der Waals surface area contributed by atoms with Gasteiger partial charge in [0.05, 0.1) is 0 Å². The van der Waals surface area contributed by atoms with E-state index < -0.39 is 5.41 Å². The largest absolute Gasteiger partial charge is 0.456 e. The van der Waals surface area contributed by atoms with E-state index in [2.05, 4.69) is 60.7 Å². The van der Waals surface area contributed by atoms with E-state index in [1.807, 2.05) is 62.4 Å². The Morgan fingerprint density at radius 2 is 1.23 bits per heavy atom. The van der Waals surface area contributed by atoms with Crippen molar-refractivity contribution in [1.29, 1.82) is 21.0 Å². The molecule has 0 amide bonds. The molecular weight excluding hydrogens is 540 g/mol. The van der Waals surface area contributed by atoms with Crippen LogP contribution in [-0.4, -0.2) is 0 Å². The first-order chi connectivity index (χ1) is 21.4. The van der Waals surface area contributed by atoms with E-state index in [-0.39, 0.29) is 11.1 Å². The Kier molecular flexibility index (Phi) is 5.06. The van der Waals surface area contributed by atoms with Gasteiger partial charge < -0.3 is 4.42 Å². The quantitative estimate of drug-likeness (QED) is 0.186. The molecule has 44 heavy (non-hydrogen) atoms. The second-order valence-corrected chi connectivity index (χ2v) is 11.7. The molecule has 0 spiro atoms. The zero-order valence-corrected chi connectivity index (χ0v) is 23.8. The highest BCUT2D eigenvalue weighted by molar-refractivity contribution is 6.26. The lowest BCUT2D eigenvalue weighted by molar-refractivity contribution is 0.669. The summed E-state index contributed by atoms with van der Waals surface area (Å²) in [6, 6.07) is 37.1. The Hall–Kier alpha value is -6.40. The average molecular weight is 561 g/mol. The van der Waals surface area contributed by atoms with E-state index in [9.17, 15) is 21.0 Å². The van der Waals surface area contributed by atoms with Crippen LogP contribution in [0.5, 0.6) is 0 Å². The molecule has 0 saturated heterocycles. The Morgan fingerprint density at radius 1 is 0.568 bits per heavy atom. The van der Waals surface area contributed by atoms with Gasteiger partial charge in [-0.1, -0.05) is 80.6 Å². The van der Waals surface area contributed by atoms with Crippen molar-refractivity contribution in [2.75, 3.05) is 0 Å². The molecule has 1 aromatic heterocycles. The lowest BCUT2D eigenvalue weighted by atomic mass is 9.77. The predicted octanol–water partition coefficient (Wildman–Crippen LogP) is 9.69. The van der Waals surface area contributed by atoms with Crippen LogP contribution in [0.3, 0.4) is 0 Å². The lowest BCUT2D eigenvalue weighted by Gasteiger charge is -2.23. The van der Waals surface area contributed by atoms with Crippen LogP contribution in [0.2, 0.25) is 0 Å². The van der Waals surface area contributed by atoms with Crippen molar-refractivity contribution in [2.45, 2.75) is 13.8 Å². The van der Waals surface area contributed by atoms with Crippen molar-refractivity contribution in [3.63, 3.8) is 0 Å². The van der Waals surface area contributed by atoms with Crippen LogP contribution >= 0.6 is 0 Å². The van der Waals surface area contributed by atoms with Gasteiger partial charge in [-0.15, -0.1) is 0 Å². The van der Waals surface area contributed by atoms with Gasteiger partial charge in [-0.05, 0) is 79.1 Å². The van der Waals surface area contributed by atoms with Gasteiger partial charge in [0.2, 0.25) is 0 Å². The summed E-state index contributed by atoms with van der Waals surface area (Å²) in [6.45, 7) is 3.72. The summed E-state index contributed by atoms with van der Waals surface area (Å²) in [7, 11) is 0. The first-order valence-corrected chi connectivity index (χ1v) is 14.2. The van der Waals surface area contributed by atoms with Gasteiger partial charge in [0, 0.05) is 21.8 Å². The fraction of sp³-hybridized carbons (Fsp3) is 0.0769. The molecule has 0 saturated carbocycles. The maximum absolute atomic E-state index is 10.0. The summed E-state index contributed by atoms with van der Waals surface area (Å²) in [5.41, 5.74) is 9.34. The molecule has 5 nitrogen and oxygen atoms in total. The highest BCUT2D eigenvalue weighted by Crippen LogP contribution is 2.59. The van der Waals surface area contributed by atoms with Crippen LogP contribution in [0.15, 0.2) is 100 Å². The number of hydrogen-bond donors (Lipinski definition) is 0. The molecule has 8 rings (SSSR count). The average Bonchev–Trinajstić information content (AvgIpc) is 3.65. The minimum Gasteiger partial charge on any atom is -0.456 e. The van der Waals surface area contributed by atoms with E-state index >= 15 is 0 Å². The smallest absolute Gasteiger partial charge is 0.136 e. The minimum absolute atomic E-state index is 0.0276. The van der Waals surface area contributed by atoms with Crippen molar-refractivity contribution < 1.29 is 4.42 Å². The Balaban J connectivity index is 1.55. The Morgan fingerprint density at radius 3 is 1.93 bits per heavy atom. The molecule has 0 aliphatic heterocycles. The number of rotatable bonds is 1. The lowest BCUT2D eigenvalue weighted by Crippen LogP contribution is -2.12. The number of nitrogens with zero attached hydrogens (tertiary/aromatic N) is 4. The molecule has 5 aromatic carbocycles. The topological polar surface area (TPSA) is 108 Å². The third-order valence-electron chi connectivity index (χ3n) is 9.18. The van der Waals surface area contributed by atoms with Crippen molar-refractivity contribution in [3.8, 4) is 57.7 Å². The summed E-state index contributed by atoms with van der Waals surface area (Å²) in [6.07, 6.45) is 0. The van der Waals surface area contributed by atoms with Crippen molar-refractivity contribution >= 4 is 43.9 Å². The summed E-state index contributed by atoms with van der Waals surface area (Å²) >= 11 is 0. The van der Waals surface area contributed by atoms with Crippen LogP contribution in [0.4, 0.5) is 0 Å². The van der Waals surface area contributed by atoms with E-state index in [0.29, 0.717) is 22.3 Å². The number of furan rings is 1. The summed E-state index contributed by atoms with van der Waals surface area (Å²) in [5, 5.41) is 44.2. The van der Waals surface area contributed by atoms with Crippen molar-refractivity contribution in [1.82, 2.24) is 0 Å². The van der Waals surface area contributed by atoms with Crippen LogP contribution in [-0.2, 0) is 0 Å². The molecule has 0 radical (unpaired) electrons. The summed E-state index contributed by atoms with van der Waals surface area (Å²) in [4.78, 5) is 0. The highest BCUT2D eigenvalue weighted by atomic mass is 16.3. The van der Waals surface area contributed by atoms with Gasteiger partial charge in [-0.3, -0.25) is 0 Å². The Bertz CT molecular complexity index is 2530. The molecule has 202 valence electrons. The fourth-order valence-corrected chi connectivity index (χ4v) is 7.53. The van der Waals surface area contributed by atoms with E-state index in [1.54, 1.807) is 0 Å². The predicted molar refractivity (Wildman–Crippen MR) is 171 cm³/mol. The number of para-hydroxylation sites is 1. The molecule has 0 unspecified atom stereocenters. The third-order valence-corrected chi connectivity index (χ3v) is 9.18. The van der Waals surface area contributed by atoms with Crippen LogP contribution in [0, 0.1) is 50.7 Å². The van der Waals surface area contributed by atoms with Gasteiger partial charge in [0.1, 0.15) is 46.6 Å². The molecule has 2 aliphatic rings. The molecule has 0 N–H and O–H groups in total. The normalized spacial score (nSPS) is 13.7. The number of hydrogen-bond acceptors (Lipinski definition) is 5. The number of allylic oxidation sites excluding steroid dienone is 4. The van der Waals surface area contributed by atoms with Crippen molar-refractivity contribution in [2.24, 2.45) is 5.41 Å². The molecule has 0 fully saturated rings. The Labute approximate surface area is 253 Å². The first kappa shape index (κ1) is 25.3. The third kappa shape index (κ3) is 3.08. The molecule has 2 aliphatic carbocycles. The van der Waals surface area contributed by atoms with Crippen LogP contribution in [0.25, 0.3) is 77.2 Å².